The minimum absolute atomic E-state index is 0.0944. The van der Waals surface area contributed by atoms with E-state index in [1.54, 1.807) is 0 Å². The van der Waals surface area contributed by atoms with E-state index in [0.29, 0.717) is 0 Å². The summed E-state index contributed by atoms with van der Waals surface area (Å²) in [5.74, 6) is 0. The predicted molar refractivity (Wildman–Crippen MR) is 70.9 cm³/mol. The van der Waals surface area contributed by atoms with E-state index in [2.05, 4.69) is 43.1 Å². The molecule has 0 aliphatic carbocycles. The Labute approximate surface area is 103 Å². The summed E-state index contributed by atoms with van der Waals surface area (Å²) in [7, 11) is 0. The number of hydrogen-bond donors (Lipinski definition) is 1. The van der Waals surface area contributed by atoms with Crippen LogP contribution in [0.25, 0.3) is 0 Å². The van der Waals surface area contributed by atoms with Gasteiger partial charge < -0.3 is 5.73 Å². The number of benzene rings is 1. The Kier molecular flexibility index (Phi) is 3.25. The maximum Gasteiger partial charge on any atom is 0.0569 e. The first-order chi connectivity index (χ1) is 8.08. The molecule has 0 saturated carbocycles. The third-order valence-corrected chi connectivity index (χ3v) is 3.02. The average molecular weight is 226 g/mol. The number of rotatable bonds is 2. The molecule has 1 aromatic carbocycles. The molecule has 1 atom stereocenters. The van der Waals surface area contributed by atoms with Crippen molar-refractivity contribution in [2.75, 3.05) is 0 Å². The van der Waals surface area contributed by atoms with Crippen molar-refractivity contribution >= 4 is 0 Å². The molecule has 0 aliphatic rings. The first-order valence-corrected chi connectivity index (χ1v) is 5.82. The van der Waals surface area contributed by atoms with Crippen molar-refractivity contribution in [3.63, 3.8) is 0 Å². The lowest BCUT2D eigenvalue weighted by atomic mass is 9.95. The van der Waals surface area contributed by atoms with E-state index in [9.17, 15) is 0 Å². The van der Waals surface area contributed by atoms with Crippen LogP contribution in [-0.2, 0) is 0 Å². The van der Waals surface area contributed by atoms with E-state index in [1.165, 1.54) is 16.7 Å². The molecule has 2 heteroatoms. The normalized spacial score (nSPS) is 12.5. The molecular formula is C15H18N2. The molecule has 0 saturated heterocycles. The van der Waals surface area contributed by atoms with Crippen LogP contribution in [-0.4, -0.2) is 4.98 Å². The van der Waals surface area contributed by atoms with Gasteiger partial charge in [0.2, 0.25) is 0 Å². The fourth-order valence-electron chi connectivity index (χ4n) is 2.10. The van der Waals surface area contributed by atoms with Crippen LogP contribution in [0.5, 0.6) is 0 Å². The molecule has 0 amide bonds. The second-order valence-electron chi connectivity index (χ2n) is 4.63. The largest absolute Gasteiger partial charge is 0.320 e. The van der Waals surface area contributed by atoms with Crippen molar-refractivity contribution in [1.29, 1.82) is 0 Å². The van der Waals surface area contributed by atoms with Gasteiger partial charge >= 0.3 is 0 Å². The van der Waals surface area contributed by atoms with Gasteiger partial charge in [-0.1, -0.05) is 29.8 Å². The van der Waals surface area contributed by atoms with Crippen LogP contribution in [0.4, 0.5) is 0 Å². The van der Waals surface area contributed by atoms with Crippen LogP contribution in [0.15, 0.2) is 36.7 Å². The molecule has 0 aliphatic heterocycles. The standard InChI is InChI=1S/C15H18N2/c1-10-4-5-14(12(3)6-10)15(16)13-7-11(2)8-17-9-13/h4-9,15H,16H2,1-3H3. The molecule has 0 radical (unpaired) electrons. The molecule has 0 fully saturated rings. The van der Waals surface area contributed by atoms with Gasteiger partial charge in [0.1, 0.15) is 0 Å². The molecule has 2 nitrogen and oxygen atoms in total. The Balaban J connectivity index is 2.40. The van der Waals surface area contributed by atoms with Gasteiger partial charge in [0, 0.05) is 12.4 Å². The summed E-state index contributed by atoms with van der Waals surface area (Å²) in [6, 6.07) is 8.38. The first kappa shape index (κ1) is 11.8. The van der Waals surface area contributed by atoms with Crippen molar-refractivity contribution < 1.29 is 0 Å². The molecule has 88 valence electrons. The van der Waals surface area contributed by atoms with E-state index < -0.39 is 0 Å². The zero-order chi connectivity index (χ0) is 12.4. The SMILES string of the molecule is Cc1cncc(C(N)c2ccc(C)cc2C)c1. The van der Waals surface area contributed by atoms with Gasteiger partial charge in [-0.25, -0.2) is 0 Å². The van der Waals surface area contributed by atoms with Crippen molar-refractivity contribution in [2.45, 2.75) is 26.8 Å². The van der Waals surface area contributed by atoms with E-state index in [0.717, 1.165) is 11.1 Å². The molecule has 1 heterocycles. The van der Waals surface area contributed by atoms with Crippen LogP contribution in [0, 0.1) is 20.8 Å². The van der Waals surface area contributed by atoms with Crippen molar-refractivity contribution in [1.82, 2.24) is 4.98 Å². The molecule has 2 N–H and O–H groups in total. The van der Waals surface area contributed by atoms with E-state index in [4.69, 9.17) is 5.73 Å². The monoisotopic (exact) mass is 226 g/mol. The molecule has 0 spiro atoms. The van der Waals surface area contributed by atoms with E-state index in [-0.39, 0.29) is 6.04 Å². The molecule has 2 aromatic rings. The van der Waals surface area contributed by atoms with Gasteiger partial charge in [-0.3, -0.25) is 4.98 Å². The number of aromatic nitrogens is 1. The van der Waals surface area contributed by atoms with Crippen LogP contribution in [0.2, 0.25) is 0 Å². The van der Waals surface area contributed by atoms with Gasteiger partial charge in [0.05, 0.1) is 6.04 Å². The molecule has 1 aromatic heterocycles. The second-order valence-corrected chi connectivity index (χ2v) is 4.63. The second kappa shape index (κ2) is 4.68. The Morgan fingerprint density at radius 1 is 1.00 bits per heavy atom. The third kappa shape index (κ3) is 2.53. The minimum atomic E-state index is -0.0944. The summed E-state index contributed by atoms with van der Waals surface area (Å²) >= 11 is 0. The van der Waals surface area contributed by atoms with Gasteiger partial charge in [0.25, 0.3) is 0 Å². The minimum Gasteiger partial charge on any atom is -0.320 e. The van der Waals surface area contributed by atoms with Gasteiger partial charge in [-0.05, 0) is 43.0 Å². The smallest absolute Gasteiger partial charge is 0.0569 e. The van der Waals surface area contributed by atoms with Crippen LogP contribution in [0.1, 0.15) is 33.9 Å². The van der Waals surface area contributed by atoms with E-state index in [1.807, 2.05) is 19.3 Å². The summed E-state index contributed by atoms with van der Waals surface area (Å²) < 4.78 is 0. The zero-order valence-corrected chi connectivity index (χ0v) is 10.6. The fraction of sp³-hybridized carbons (Fsp3) is 0.267. The zero-order valence-electron chi connectivity index (χ0n) is 10.6. The quantitative estimate of drug-likeness (QED) is 0.854. The maximum atomic E-state index is 6.30. The number of pyridine rings is 1. The molecular weight excluding hydrogens is 208 g/mol. The molecule has 0 bridgehead atoms. The number of nitrogens with two attached hydrogens (primary N) is 1. The Morgan fingerprint density at radius 3 is 2.41 bits per heavy atom. The number of hydrogen-bond acceptors (Lipinski definition) is 2. The van der Waals surface area contributed by atoms with E-state index >= 15 is 0 Å². The van der Waals surface area contributed by atoms with Gasteiger partial charge in [-0.2, -0.15) is 0 Å². The first-order valence-electron chi connectivity index (χ1n) is 5.82. The summed E-state index contributed by atoms with van der Waals surface area (Å²) in [4.78, 5) is 4.20. The average Bonchev–Trinajstić information content (AvgIpc) is 2.28. The number of nitrogens with zero attached hydrogens (tertiary/aromatic N) is 1. The highest BCUT2D eigenvalue weighted by atomic mass is 14.7. The number of aryl methyl sites for hydroxylation is 3. The maximum absolute atomic E-state index is 6.30. The molecule has 2 rings (SSSR count). The third-order valence-electron chi connectivity index (χ3n) is 3.02. The van der Waals surface area contributed by atoms with Crippen LogP contribution < -0.4 is 5.73 Å². The highest BCUT2D eigenvalue weighted by Gasteiger charge is 2.11. The van der Waals surface area contributed by atoms with Crippen molar-refractivity contribution in [2.24, 2.45) is 5.73 Å². The lowest BCUT2D eigenvalue weighted by Gasteiger charge is -2.15. The summed E-state index contributed by atoms with van der Waals surface area (Å²) in [5.41, 5.74) is 12.2. The lowest BCUT2D eigenvalue weighted by molar-refractivity contribution is 0.850. The summed E-state index contributed by atoms with van der Waals surface area (Å²) in [5, 5.41) is 0. The Bertz CT molecular complexity index is 532. The lowest BCUT2D eigenvalue weighted by Crippen LogP contribution is -2.13. The molecule has 1 unspecified atom stereocenters. The highest BCUT2D eigenvalue weighted by Crippen LogP contribution is 2.23. The van der Waals surface area contributed by atoms with Gasteiger partial charge in [0.15, 0.2) is 0 Å². The highest BCUT2D eigenvalue weighted by molar-refractivity contribution is 5.38. The van der Waals surface area contributed by atoms with Gasteiger partial charge in [-0.15, -0.1) is 0 Å². The van der Waals surface area contributed by atoms with Crippen molar-refractivity contribution in [3.8, 4) is 0 Å². The molecule has 17 heavy (non-hydrogen) atoms. The van der Waals surface area contributed by atoms with Crippen LogP contribution >= 0.6 is 0 Å². The Hall–Kier alpha value is -1.67. The summed E-state index contributed by atoms with van der Waals surface area (Å²) in [6.45, 7) is 6.23. The predicted octanol–water partition coefficient (Wildman–Crippen LogP) is 3.05. The Morgan fingerprint density at radius 2 is 1.76 bits per heavy atom. The summed E-state index contributed by atoms with van der Waals surface area (Å²) in [6.07, 6.45) is 3.69. The fourth-order valence-corrected chi connectivity index (χ4v) is 2.10. The topological polar surface area (TPSA) is 38.9 Å². The van der Waals surface area contributed by atoms with Crippen LogP contribution in [0.3, 0.4) is 0 Å². The van der Waals surface area contributed by atoms with Crippen molar-refractivity contribution in [3.05, 3.63) is 64.5 Å².